The Morgan fingerprint density at radius 3 is 2.33 bits per heavy atom. The van der Waals surface area contributed by atoms with Crippen molar-refractivity contribution in [3.63, 3.8) is 0 Å². The molecule has 0 aliphatic carbocycles. The van der Waals surface area contributed by atoms with E-state index in [0.29, 0.717) is 12.3 Å². The van der Waals surface area contributed by atoms with Gasteiger partial charge in [0.2, 0.25) is 10.0 Å². The third-order valence-corrected chi connectivity index (χ3v) is 5.92. The Morgan fingerprint density at radius 1 is 1.10 bits per heavy atom. The maximum absolute atomic E-state index is 13.6. The van der Waals surface area contributed by atoms with E-state index in [0.717, 1.165) is 6.07 Å². The Labute approximate surface area is 169 Å². The van der Waals surface area contributed by atoms with Gasteiger partial charge in [-0.2, -0.15) is 13.2 Å². The number of aromatic nitrogens is 4. The average molecular weight is 461 g/mol. The van der Waals surface area contributed by atoms with Crippen LogP contribution in [0.4, 0.5) is 13.2 Å². The Balaban J connectivity index is 2.39. The van der Waals surface area contributed by atoms with Crippen molar-refractivity contribution in [3.05, 3.63) is 47.5 Å². The number of H-pyrrole nitrogens is 1. The van der Waals surface area contributed by atoms with Gasteiger partial charge >= 0.3 is 6.18 Å². The zero-order valence-electron chi connectivity index (χ0n) is 15.2. The summed E-state index contributed by atoms with van der Waals surface area (Å²) in [5.41, 5.74) is -1.19. The molecule has 0 aliphatic heterocycles. The molecule has 3 aromatic rings. The molecule has 9 nitrogen and oxygen atoms in total. The van der Waals surface area contributed by atoms with Gasteiger partial charge in [-0.3, -0.25) is 0 Å². The molecule has 0 saturated carbocycles. The van der Waals surface area contributed by atoms with Crippen LogP contribution in [0.25, 0.3) is 22.5 Å². The summed E-state index contributed by atoms with van der Waals surface area (Å²) in [7, 11) is -8.26. The predicted octanol–water partition coefficient (Wildman–Crippen LogP) is 1.74. The van der Waals surface area contributed by atoms with Crippen molar-refractivity contribution in [1.29, 1.82) is 0 Å². The van der Waals surface area contributed by atoms with E-state index in [1.807, 2.05) is 0 Å². The minimum absolute atomic E-state index is 0.0539. The van der Waals surface area contributed by atoms with Crippen LogP contribution in [0.3, 0.4) is 0 Å². The first-order chi connectivity index (χ1) is 13.8. The van der Waals surface area contributed by atoms with Gasteiger partial charge in [-0.05, 0) is 33.2 Å². The summed E-state index contributed by atoms with van der Waals surface area (Å²) in [5.74, 6) is -0.812. The molecule has 1 aromatic heterocycles. The lowest BCUT2D eigenvalue weighted by Gasteiger charge is -2.18. The van der Waals surface area contributed by atoms with Crippen LogP contribution >= 0.6 is 0 Å². The fraction of sp³-hybridized carbons (Fsp3) is 0.188. The fourth-order valence-corrected chi connectivity index (χ4v) is 4.80. The normalized spacial score (nSPS) is 12.8. The van der Waals surface area contributed by atoms with Crippen LogP contribution in [0.15, 0.2) is 41.3 Å². The first-order valence-corrected chi connectivity index (χ1v) is 11.7. The molecular weight excluding hydrogens is 447 g/mol. The van der Waals surface area contributed by atoms with Gasteiger partial charge in [-0.25, -0.2) is 27.1 Å². The molecule has 2 aromatic carbocycles. The molecular formula is C16H14F3N5O4S2. The number of aromatic amines is 1. The molecule has 0 spiro atoms. The number of halogens is 3. The minimum atomic E-state index is -4.96. The molecule has 0 unspecified atom stereocenters. The third kappa shape index (κ3) is 4.66. The smallest absolute Gasteiger partial charge is 0.239 e. The monoisotopic (exact) mass is 461 g/mol. The Kier molecular flexibility index (Phi) is 5.43. The molecule has 0 fully saturated rings. The summed E-state index contributed by atoms with van der Waals surface area (Å²) in [4.78, 5) is -0.997. The first kappa shape index (κ1) is 21.9. The van der Waals surface area contributed by atoms with Crippen LogP contribution in [0.1, 0.15) is 11.1 Å². The number of rotatable bonds is 5. The summed E-state index contributed by atoms with van der Waals surface area (Å²) in [6, 6.07) is 7.51. The zero-order chi connectivity index (χ0) is 22.3. The SMILES string of the molecule is CS(=O)(=O)c1c(C(F)(F)F)ccc(-c2cccc(CS(N)(=O)=O)c2)c1-c1nnn[nH]1. The number of hydrogen-bond donors (Lipinski definition) is 2. The third-order valence-electron chi connectivity index (χ3n) is 4.02. The fourth-order valence-electron chi connectivity index (χ4n) is 2.99. The Hall–Kier alpha value is -2.84. The largest absolute Gasteiger partial charge is 0.417 e. The van der Waals surface area contributed by atoms with Gasteiger partial charge in [0.15, 0.2) is 15.7 Å². The lowest BCUT2D eigenvalue weighted by Crippen LogP contribution is -2.15. The van der Waals surface area contributed by atoms with Crippen LogP contribution in [0.2, 0.25) is 0 Å². The highest BCUT2D eigenvalue weighted by Gasteiger charge is 2.39. The molecule has 1 heterocycles. The number of hydrogen-bond acceptors (Lipinski definition) is 7. The second kappa shape index (κ2) is 7.45. The number of nitrogens with zero attached hydrogens (tertiary/aromatic N) is 3. The molecule has 0 saturated heterocycles. The highest BCUT2D eigenvalue weighted by molar-refractivity contribution is 7.91. The number of nitrogens with one attached hydrogen (secondary N) is 1. The summed E-state index contributed by atoms with van der Waals surface area (Å²) in [6.45, 7) is 0. The molecule has 3 N–H and O–H groups in total. The summed E-state index contributed by atoms with van der Waals surface area (Å²) < 4.78 is 88.3. The number of nitrogens with two attached hydrogens (primary N) is 1. The van der Waals surface area contributed by atoms with Gasteiger partial charge < -0.3 is 0 Å². The van der Waals surface area contributed by atoms with Crippen molar-refractivity contribution in [2.24, 2.45) is 5.14 Å². The van der Waals surface area contributed by atoms with Gasteiger partial charge in [0.1, 0.15) is 0 Å². The van der Waals surface area contributed by atoms with Gasteiger partial charge in [0.25, 0.3) is 0 Å². The molecule has 0 bridgehead atoms. The number of sulfone groups is 1. The van der Waals surface area contributed by atoms with E-state index in [4.69, 9.17) is 5.14 Å². The van der Waals surface area contributed by atoms with E-state index in [1.165, 1.54) is 24.3 Å². The van der Waals surface area contributed by atoms with Gasteiger partial charge in [-0.15, -0.1) is 5.10 Å². The van der Waals surface area contributed by atoms with Crippen molar-refractivity contribution in [1.82, 2.24) is 20.6 Å². The van der Waals surface area contributed by atoms with E-state index in [9.17, 15) is 30.0 Å². The molecule has 0 amide bonds. The number of sulfonamides is 1. The van der Waals surface area contributed by atoms with Crippen molar-refractivity contribution < 1.29 is 30.0 Å². The van der Waals surface area contributed by atoms with E-state index in [-0.39, 0.29) is 28.1 Å². The number of benzene rings is 2. The van der Waals surface area contributed by atoms with Gasteiger partial charge in [0.05, 0.1) is 16.2 Å². The molecule has 3 rings (SSSR count). The molecule has 0 aliphatic rings. The van der Waals surface area contributed by atoms with Crippen LogP contribution in [0, 0.1) is 0 Å². The van der Waals surface area contributed by atoms with Crippen LogP contribution < -0.4 is 5.14 Å². The molecule has 160 valence electrons. The Bertz CT molecular complexity index is 1310. The molecule has 14 heteroatoms. The van der Waals surface area contributed by atoms with Crippen molar-refractivity contribution >= 4 is 19.9 Å². The summed E-state index contributed by atoms with van der Waals surface area (Å²) >= 11 is 0. The second-order valence-corrected chi connectivity index (χ2v) is 9.96. The number of alkyl halides is 3. The number of tetrazole rings is 1. The molecule has 0 atom stereocenters. The number of primary sulfonamides is 1. The standard InChI is InChI=1S/C16H14F3N5O4S2/c1-29(25,26)14-12(16(17,18)19)6-5-11(13(14)15-21-23-24-22-15)10-4-2-3-9(7-10)8-30(20,27)28/h2-7H,8H2,1H3,(H2,20,27,28)(H,21,22,23,24). The zero-order valence-corrected chi connectivity index (χ0v) is 16.8. The molecule has 0 radical (unpaired) electrons. The molecule has 30 heavy (non-hydrogen) atoms. The minimum Gasteiger partial charge on any atom is -0.239 e. The lowest BCUT2D eigenvalue weighted by atomic mass is 9.95. The van der Waals surface area contributed by atoms with Crippen LogP contribution in [-0.4, -0.2) is 43.7 Å². The predicted molar refractivity (Wildman–Crippen MR) is 100.0 cm³/mol. The van der Waals surface area contributed by atoms with E-state index >= 15 is 0 Å². The topological polar surface area (TPSA) is 149 Å². The first-order valence-electron chi connectivity index (χ1n) is 8.05. The van der Waals surface area contributed by atoms with Crippen LogP contribution in [-0.2, 0) is 31.8 Å². The van der Waals surface area contributed by atoms with E-state index in [1.54, 1.807) is 0 Å². The maximum atomic E-state index is 13.6. The van der Waals surface area contributed by atoms with Crippen molar-refractivity contribution in [2.45, 2.75) is 16.8 Å². The average Bonchev–Trinajstić information content (AvgIpc) is 3.12. The van der Waals surface area contributed by atoms with Gasteiger partial charge in [0, 0.05) is 11.8 Å². The maximum Gasteiger partial charge on any atom is 0.417 e. The van der Waals surface area contributed by atoms with Gasteiger partial charge in [-0.1, -0.05) is 30.3 Å². The summed E-state index contributed by atoms with van der Waals surface area (Å²) in [6.07, 6.45) is -4.32. The van der Waals surface area contributed by atoms with Crippen molar-refractivity contribution in [2.75, 3.05) is 6.26 Å². The quantitative estimate of drug-likeness (QED) is 0.588. The van der Waals surface area contributed by atoms with Crippen molar-refractivity contribution in [3.8, 4) is 22.5 Å². The highest BCUT2D eigenvalue weighted by atomic mass is 32.2. The highest BCUT2D eigenvalue weighted by Crippen LogP contribution is 2.43. The Morgan fingerprint density at radius 2 is 1.80 bits per heavy atom. The lowest BCUT2D eigenvalue weighted by molar-refractivity contribution is -0.139. The van der Waals surface area contributed by atoms with E-state index in [2.05, 4.69) is 20.6 Å². The van der Waals surface area contributed by atoms with Crippen LogP contribution in [0.5, 0.6) is 0 Å². The van der Waals surface area contributed by atoms with E-state index < -0.39 is 42.2 Å². The summed E-state index contributed by atoms with van der Waals surface area (Å²) in [5, 5.41) is 17.6. The second-order valence-electron chi connectivity index (χ2n) is 6.39.